The predicted molar refractivity (Wildman–Crippen MR) is 43.9 cm³/mol. The molecule has 0 aromatic rings. The van der Waals surface area contributed by atoms with Crippen molar-refractivity contribution in [2.75, 3.05) is 20.6 Å². The summed E-state index contributed by atoms with van der Waals surface area (Å²) >= 11 is 0. The van der Waals surface area contributed by atoms with Crippen LogP contribution in [0.3, 0.4) is 0 Å². The third-order valence-electron chi connectivity index (χ3n) is 2.29. The molecule has 0 spiro atoms. The SMILES string of the molecule is CC1CCCNC1N(C)C. The predicted octanol–water partition coefficient (Wildman–Crippen LogP) is 0.894. The molecular weight excluding hydrogens is 124 g/mol. The fourth-order valence-electron chi connectivity index (χ4n) is 1.72. The maximum absolute atomic E-state index is 3.49. The molecule has 0 aliphatic carbocycles. The van der Waals surface area contributed by atoms with Gasteiger partial charge >= 0.3 is 0 Å². The van der Waals surface area contributed by atoms with E-state index in [1.165, 1.54) is 19.4 Å². The van der Waals surface area contributed by atoms with E-state index < -0.39 is 0 Å². The molecule has 2 nitrogen and oxygen atoms in total. The van der Waals surface area contributed by atoms with Gasteiger partial charge in [-0.3, -0.25) is 4.90 Å². The highest BCUT2D eigenvalue weighted by Crippen LogP contribution is 2.16. The molecule has 1 N–H and O–H groups in total. The lowest BCUT2D eigenvalue weighted by atomic mass is 9.97. The van der Waals surface area contributed by atoms with E-state index in [4.69, 9.17) is 0 Å². The average molecular weight is 142 g/mol. The molecular formula is C8H18N2. The van der Waals surface area contributed by atoms with Gasteiger partial charge < -0.3 is 5.32 Å². The van der Waals surface area contributed by atoms with Gasteiger partial charge in [-0.1, -0.05) is 6.92 Å². The van der Waals surface area contributed by atoms with Crippen LogP contribution in [0.15, 0.2) is 0 Å². The van der Waals surface area contributed by atoms with Gasteiger partial charge in [0.15, 0.2) is 0 Å². The molecule has 2 unspecified atom stereocenters. The number of rotatable bonds is 1. The molecule has 0 amide bonds. The standard InChI is InChI=1S/C8H18N2/c1-7-5-4-6-9-8(7)10(2)3/h7-9H,4-6H2,1-3H3. The highest BCUT2D eigenvalue weighted by Gasteiger charge is 2.21. The Balaban J connectivity index is 2.40. The summed E-state index contributed by atoms with van der Waals surface area (Å²) in [6.07, 6.45) is 3.32. The van der Waals surface area contributed by atoms with E-state index in [2.05, 4.69) is 31.2 Å². The summed E-state index contributed by atoms with van der Waals surface area (Å²) in [6.45, 7) is 3.50. The molecule has 0 radical (unpaired) electrons. The van der Waals surface area contributed by atoms with Crippen molar-refractivity contribution in [3.8, 4) is 0 Å². The largest absolute Gasteiger partial charge is 0.302 e. The van der Waals surface area contributed by atoms with Gasteiger partial charge in [-0.05, 0) is 39.4 Å². The maximum Gasteiger partial charge on any atom is 0.0618 e. The highest BCUT2D eigenvalue weighted by molar-refractivity contribution is 4.75. The molecule has 1 rings (SSSR count). The van der Waals surface area contributed by atoms with Crippen LogP contribution < -0.4 is 5.32 Å². The van der Waals surface area contributed by atoms with Gasteiger partial charge in [-0.25, -0.2) is 0 Å². The minimum absolute atomic E-state index is 0.605. The van der Waals surface area contributed by atoms with Crippen molar-refractivity contribution in [2.24, 2.45) is 5.92 Å². The molecule has 1 heterocycles. The van der Waals surface area contributed by atoms with Gasteiger partial charge in [0.2, 0.25) is 0 Å². The lowest BCUT2D eigenvalue weighted by molar-refractivity contribution is 0.145. The van der Waals surface area contributed by atoms with Crippen LogP contribution in [-0.4, -0.2) is 31.7 Å². The van der Waals surface area contributed by atoms with E-state index in [1.54, 1.807) is 0 Å². The Morgan fingerprint density at radius 3 is 2.50 bits per heavy atom. The van der Waals surface area contributed by atoms with Crippen LogP contribution in [0.25, 0.3) is 0 Å². The van der Waals surface area contributed by atoms with Crippen LogP contribution in [0, 0.1) is 5.92 Å². The summed E-state index contributed by atoms with van der Waals surface area (Å²) in [5.41, 5.74) is 0. The van der Waals surface area contributed by atoms with Gasteiger partial charge in [0.1, 0.15) is 0 Å². The number of nitrogens with one attached hydrogen (secondary N) is 1. The normalized spacial score (nSPS) is 34.8. The zero-order valence-electron chi connectivity index (χ0n) is 7.22. The zero-order chi connectivity index (χ0) is 7.56. The van der Waals surface area contributed by atoms with Crippen LogP contribution in [0.5, 0.6) is 0 Å². The number of nitrogens with zero attached hydrogens (tertiary/aromatic N) is 1. The Bertz CT molecular complexity index is 101. The van der Waals surface area contributed by atoms with E-state index >= 15 is 0 Å². The number of piperidine rings is 1. The Morgan fingerprint density at radius 1 is 1.40 bits per heavy atom. The first kappa shape index (κ1) is 8.02. The first-order valence-corrected chi connectivity index (χ1v) is 4.11. The Hall–Kier alpha value is -0.0800. The van der Waals surface area contributed by atoms with E-state index in [0.29, 0.717) is 6.17 Å². The molecule has 1 saturated heterocycles. The molecule has 2 atom stereocenters. The summed E-state index contributed by atoms with van der Waals surface area (Å²) in [5.74, 6) is 0.809. The van der Waals surface area contributed by atoms with Crippen molar-refractivity contribution >= 4 is 0 Å². The van der Waals surface area contributed by atoms with E-state index in [-0.39, 0.29) is 0 Å². The monoisotopic (exact) mass is 142 g/mol. The van der Waals surface area contributed by atoms with Crippen LogP contribution in [0.4, 0.5) is 0 Å². The molecule has 0 saturated carbocycles. The quantitative estimate of drug-likeness (QED) is 0.585. The van der Waals surface area contributed by atoms with Gasteiger partial charge in [-0.15, -0.1) is 0 Å². The third-order valence-corrected chi connectivity index (χ3v) is 2.29. The van der Waals surface area contributed by atoms with Gasteiger partial charge in [0.25, 0.3) is 0 Å². The maximum atomic E-state index is 3.49. The van der Waals surface area contributed by atoms with Crippen LogP contribution in [-0.2, 0) is 0 Å². The first-order valence-electron chi connectivity index (χ1n) is 4.11. The highest BCUT2D eigenvalue weighted by atomic mass is 15.2. The van der Waals surface area contributed by atoms with Gasteiger partial charge in [0.05, 0.1) is 6.17 Å². The minimum atomic E-state index is 0.605. The molecule has 60 valence electrons. The summed E-state index contributed by atoms with van der Waals surface area (Å²) in [5, 5.41) is 3.49. The second-order valence-electron chi connectivity index (χ2n) is 3.48. The Kier molecular flexibility index (Phi) is 2.69. The van der Waals surface area contributed by atoms with Gasteiger partial charge in [-0.2, -0.15) is 0 Å². The van der Waals surface area contributed by atoms with E-state index in [9.17, 15) is 0 Å². The van der Waals surface area contributed by atoms with E-state index in [1.807, 2.05) is 0 Å². The van der Waals surface area contributed by atoms with Crippen LogP contribution >= 0.6 is 0 Å². The zero-order valence-corrected chi connectivity index (χ0v) is 7.22. The molecule has 1 fully saturated rings. The van der Waals surface area contributed by atoms with Crippen LogP contribution in [0.2, 0.25) is 0 Å². The third kappa shape index (κ3) is 1.70. The Morgan fingerprint density at radius 2 is 2.10 bits per heavy atom. The molecule has 0 bridgehead atoms. The molecule has 1 aliphatic heterocycles. The lowest BCUT2D eigenvalue weighted by Crippen LogP contribution is -2.49. The molecule has 0 aromatic carbocycles. The topological polar surface area (TPSA) is 15.3 Å². The van der Waals surface area contributed by atoms with Gasteiger partial charge in [0, 0.05) is 0 Å². The smallest absolute Gasteiger partial charge is 0.0618 e. The molecule has 1 aliphatic rings. The van der Waals surface area contributed by atoms with E-state index in [0.717, 1.165) is 5.92 Å². The molecule has 2 heteroatoms. The Labute approximate surface area is 63.6 Å². The lowest BCUT2D eigenvalue weighted by Gasteiger charge is -2.34. The van der Waals surface area contributed by atoms with Crippen LogP contribution in [0.1, 0.15) is 19.8 Å². The first-order chi connectivity index (χ1) is 4.72. The average Bonchev–Trinajstić information content (AvgIpc) is 1.88. The summed E-state index contributed by atoms with van der Waals surface area (Å²) in [4.78, 5) is 2.27. The minimum Gasteiger partial charge on any atom is -0.302 e. The number of hydrogen-bond donors (Lipinski definition) is 1. The van der Waals surface area contributed by atoms with Crippen molar-refractivity contribution in [1.29, 1.82) is 0 Å². The second-order valence-corrected chi connectivity index (χ2v) is 3.48. The number of hydrogen-bond acceptors (Lipinski definition) is 2. The summed E-state index contributed by atoms with van der Waals surface area (Å²) < 4.78 is 0. The van der Waals surface area contributed by atoms with Crippen molar-refractivity contribution in [1.82, 2.24) is 10.2 Å². The van der Waals surface area contributed by atoms with Crippen molar-refractivity contribution in [2.45, 2.75) is 25.9 Å². The van der Waals surface area contributed by atoms with Crippen molar-refractivity contribution in [3.63, 3.8) is 0 Å². The second kappa shape index (κ2) is 3.35. The van der Waals surface area contributed by atoms with Crippen molar-refractivity contribution < 1.29 is 0 Å². The molecule has 10 heavy (non-hydrogen) atoms. The fourth-order valence-corrected chi connectivity index (χ4v) is 1.72. The summed E-state index contributed by atoms with van der Waals surface area (Å²) in [7, 11) is 4.28. The molecule has 0 aromatic heterocycles. The van der Waals surface area contributed by atoms with Crippen molar-refractivity contribution in [3.05, 3.63) is 0 Å². The fraction of sp³-hybridized carbons (Fsp3) is 1.00. The summed E-state index contributed by atoms with van der Waals surface area (Å²) in [6, 6.07) is 0.